The first-order chi connectivity index (χ1) is 8.27. The molecule has 0 aliphatic heterocycles. The van der Waals surface area contributed by atoms with Gasteiger partial charge in [-0.05, 0) is 26.0 Å². The normalized spacial score (nSPS) is 12.4. The Kier molecular flexibility index (Phi) is 3.77. The lowest BCUT2D eigenvalue weighted by Crippen LogP contribution is -2.20. The third kappa shape index (κ3) is 3.07. The smallest absolute Gasteiger partial charge is 0.0782 e. The van der Waals surface area contributed by atoms with Gasteiger partial charge in [0.2, 0.25) is 0 Å². The molecule has 0 aliphatic rings. The topological polar surface area (TPSA) is 50.7 Å². The molecule has 1 N–H and O–H groups in total. The summed E-state index contributed by atoms with van der Waals surface area (Å²) in [5.41, 5.74) is 2.98. The van der Waals surface area contributed by atoms with E-state index in [0.717, 1.165) is 23.6 Å². The van der Waals surface area contributed by atoms with E-state index in [1.165, 1.54) is 0 Å². The van der Waals surface area contributed by atoms with Gasteiger partial charge in [-0.15, -0.1) is 0 Å². The molecule has 2 aromatic heterocycles. The van der Waals surface area contributed by atoms with E-state index < -0.39 is 0 Å². The van der Waals surface area contributed by atoms with Gasteiger partial charge in [0.05, 0.1) is 17.1 Å². The van der Waals surface area contributed by atoms with E-state index in [1.54, 1.807) is 18.6 Å². The lowest BCUT2D eigenvalue weighted by atomic mass is 10.2. The van der Waals surface area contributed by atoms with Crippen molar-refractivity contribution >= 4 is 0 Å². The minimum Gasteiger partial charge on any atom is -0.303 e. The van der Waals surface area contributed by atoms with Crippen molar-refractivity contribution in [3.63, 3.8) is 0 Å². The summed E-state index contributed by atoms with van der Waals surface area (Å²) >= 11 is 0. The van der Waals surface area contributed by atoms with Crippen LogP contribution in [-0.4, -0.2) is 15.0 Å². The highest BCUT2D eigenvalue weighted by molar-refractivity contribution is 5.13. The standard InChI is InChI=1S/C13H16N4/c1-10-13(16-8-7-14-10)11(2)17-9-12-5-3-4-6-15-12/h3-8,11,17H,9H2,1-2H3. The molecule has 0 saturated carbocycles. The van der Waals surface area contributed by atoms with Crippen LogP contribution in [0.4, 0.5) is 0 Å². The van der Waals surface area contributed by atoms with Crippen LogP contribution in [0.2, 0.25) is 0 Å². The number of rotatable bonds is 4. The van der Waals surface area contributed by atoms with Crippen LogP contribution in [0.5, 0.6) is 0 Å². The first-order valence-electron chi connectivity index (χ1n) is 5.68. The monoisotopic (exact) mass is 228 g/mol. The molecular weight excluding hydrogens is 212 g/mol. The van der Waals surface area contributed by atoms with Crippen LogP contribution in [0.3, 0.4) is 0 Å². The first kappa shape index (κ1) is 11.7. The number of aromatic nitrogens is 3. The summed E-state index contributed by atoms with van der Waals surface area (Å²) in [6, 6.07) is 6.08. The molecule has 0 fully saturated rings. The van der Waals surface area contributed by atoms with Crippen LogP contribution in [0.25, 0.3) is 0 Å². The number of nitrogens with zero attached hydrogens (tertiary/aromatic N) is 3. The van der Waals surface area contributed by atoms with E-state index in [2.05, 4.69) is 27.2 Å². The minimum absolute atomic E-state index is 0.172. The van der Waals surface area contributed by atoms with Crippen LogP contribution in [-0.2, 0) is 6.54 Å². The lowest BCUT2D eigenvalue weighted by molar-refractivity contribution is 0.549. The van der Waals surface area contributed by atoms with Crippen molar-refractivity contribution in [1.82, 2.24) is 20.3 Å². The second-order valence-electron chi connectivity index (χ2n) is 3.95. The number of hydrogen-bond acceptors (Lipinski definition) is 4. The van der Waals surface area contributed by atoms with E-state index in [0.29, 0.717) is 0 Å². The third-order valence-electron chi connectivity index (χ3n) is 2.64. The molecule has 1 atom stereocenters. The summed E-state index contributed by atoms with van der Waals surface area (Å²) in [4.78, 5) is 12.9. The van der Waals surface area contributed by atoms with Crippen LogP contribution >= 0.6 is 0 Å². The zero-order valence-electron chi connectivity index (χ0n) is 10.1. The molecule has 0 saturated heterocycles. The molecule has 0 amide bonds. The highest BCUT2D eigenvalue weighted by atomic mass is 15.0. The highest BCUT2D eigenvalue weighted by Crippen LogP contribution is 2.12. The van der Waals surface area contributed by atoms with Crippen molar-refractivity contribution in [2.75, 3.05) is 0 Å². The largest absolute Gasteiger partial charge is 0.303 e. The Morgan fingerprint density at radius 2 is 1.94 bits per heavy atom. The Bertz CT molecular complexity index is 470. The Labute approximate surface area is 101 Å². The van der Waals surface area contributed by atoms with Gasteiger partial charge in [-0.2, -0.15) is 0 Å². The molecule has 2 rings (SSSR count). The first-order valence-corrected chi connectivity index (χ1v) is 5.68. The van der Waals surface area contributed by atoms with Gasteiger partial charge in [-0.1, -0.05) is 6.07 Å². The fourth-order valence-corrected chi connectivity index (χ4v) is 1.70. The van der Waals surface area contributed by atoms with Crippen molar-refractivity contribution in [3.05, 3.63) is 53.9 Å². The van der Waals surface area contributed by atoms with Crippen molar-refractivity contribution in [3.8, 4) is 0 Å². The average Bonchev–Trinajstić information content (AvgIpc) is 2.38. The van der Waals surface area contributed by atoms with Gasteiger partial charge in [0.15, 0.2) is 0 Å². The third-order valence-corrected chi connectivity index (χ3v) is 2.64. The van der Waals surface area contributed by atoms with Crippen molar-refractivity contribution in [1.29, 1.82) is 0 Å². The molecule has 0 radical (unpaired) electrons. The molecule has 1 unspecified atom stereocenters. The second kappa shape index (κ2) is 5.50. The Hall–Kier alpha value is -1.81. The fourth-order valence-electron chi connectivity index (χ4n) is 1.70. The zero-order chi connectivity index (χ0) is 12.1. The predicted octanol–water partition coefficient (Wildman–Crippen LogP) is 2.03. The molecule has 88 valence electrons. The molecule has 2 aromatic rings. The molecule has 17 heavy (non-hydrogen) atoms. The van der Waals surface area contributed by atoms with Gasteiger partial charge < -0.3 is 5.32 Å². The maximum Gasteiger partial charge on any atom is 0.0782 e. The van der Waals surface area contributed by atoms with Gasteiger partial charge in [-0.25, -0.2) is 0 Å². The summed E-state index contributed by atoms with van der Waals surface area (Å²) < 4.78 is 0. The number of hydrogen-bond donors (Lipinski definition) is 1. The maximum atomic E-state index is 4.35. The molecule has 0 bridgehead atoms. The van der Waals surface area contributed by atoms with Gasteiger partial charge in [-0.3, -0.25) is 15.0 Å². The SMILES string of the molecule is Cc1nccnc1C(C)NCc1ccccn1. The average molecular weight is 228 g/mol. The number of aryl methyl sites for hydroxylation is 1. The second-order valence-corrected chi connectivity index (χ2v) is 3.95. The minimum atomic E-state index is 0.172. The summed E-state index contributed by atoms with van der Waals surface area (Å²) in [6.07, 6.45) is 5.24. The highest BCUT2D eigenvalue weighted by Gasteiger charge is 2.09. The Balaban J connectivity index is 1.99. The van der Waals surface area contributed by atoms with E-state index in [1.807, 2.05) is 25.1 Å². The Morgan fingerprint density at radius 1 is 1.12 bits per heavy atom. The Morgan fingerprint density at radius 3 is 2.65 bits per heavy atom. The quantitative estimate of drug-likeness (QED) is 0.870. The molecule has 0 aliphatic carbocycles. The van der Waals surface area contributed by atoms with Crippen molar-refractivity contribution in [2.45, 2.75) is 26.4 Å². The molecule has 4 nitrogen and oxygen atoms in total. The van der Waals surface area contributed by atoms with Gasteiger partial charge >= 0.3 is 0 Å². The molecular formula is C13H16N4. The van der Waals surface area contributed by atoms with Crippen molar-refractivity contribution in [2.24, 2.45) is 0 Å². The van der Waals surface area contributed by atoms with Gasteiger partial charge in [0, 0.05) is 31.2 Å². The van der Waals surface area contributed by atoms with Crippen molar-refractivity contribution < 1.29 is 0 Å². The zero-order valence-corrected chi connectivity index (χ0v) is 10.1. The van der Waals surface area contributed by atoms with Gasteiger partial charge in [0.25, 0.3) is 0 Å². The fraction of sp³-hybridized carbons (Fsp3) is 0.308. The van der Waals surface area contributed by atoms with Crippen LogP contribution in [0.15, 0.2) is 36.8 Å². The van der Waals surface area contributed by atoms with E-state index in [9.17, 15) is 0 Å². The molecule has 0 spiro atoms. The molecule has 0 aromatic carbocycles. The number of nitrogens with one attached hydrogen (secondary N) is 1. The van der Waals surface area contributed by atoms with Gasteiger partial charge in [0.1, 0.15) is 0 Å². The predicted molar refractivity (Wildman–Crippen MR) is 66.3 cm³/mol. The summed E-state index contributed by atoms with van der Waals surface area (Å²) in [6.45, 7) is 4.79. The van der Waals surface area contributed by atoms with Crippen LogP contribution < -0.4 is 5.32 Å². The van der Waals surface area contributed by atoms with Crippen LogP contribution in [0.1, 0.15) is 30.0 Å². The summed E-state index contributed by atoms with van der Waals surface area (Å²) in [5.74, 6) is 0. The molecule has 4 heteroatoms. The van der Waals surface area contributed by atoms with E-state index in [4.69, 9.17) is 0 Å². The number of pyridine rings is 1. The summed E-state index contributed by atoms with van der Waals surface area (Å²) in [5, 5.41) is 3.39. The van der Waals surface area contributed by atoms with E-state index >= 15 is 0 Å². The molecule has 2 heterocycles. The summed E-state index contributed by atoms with van der Waals surface area (Å²) in [7, 11) is 0. The van der Waals surface area contributed by atoms with Crippen LogP contribution in [0, 0.1) is 6.92 Å². The maximum absolute atomic E-state index is 4.35. The van der Waals surface area contributed by atoms with E-state index in [-0.39, 0.29) is 6.04 Å². The lowest BCUT2D eigenvalue weighted by Gasteiger charge is -2.14.